The van der Waals surface area contributed by atoms with Crippen molar-refractivity contribution in [1.82, 2.24) is 25.7 Å². The average molecular weight is 341 g/mol. The van der Waals surface area contributed by atoms with Crippen molar-refractivity contribution >= 4 is 11.9 Å². The van der Waals surface area contributed by atoms with Crippen LogP contribution in [0.3, 0.4) is 0 Å². The lowest BCUT2D eigenvalue weighted by Crippen LogP contribution is -2.56. The van der Waals surface area contributed by atoms with Gasteiger partial charge in [0.05, 0.1) is 11.7 Å². The molecule has 1 aromatic carbocycles. The van der Waals surface area contributed by atoms with Crippen LogP contribution in [0.5, 0.6) is 0 Å². The molecule has 3 amide bonds. The van der Waals surface area contributed by atoms with Gasteiger partial charge in [-0.1, -0.05) is 25.1 Å². The molecule has 1 fully saturated rings. The number of aromatic nitrogens is 2. The lowest BCUT2D eigenvalue weighted by atomic mass is 9.94. The molecule has 0 spiro atoms. The molecule has 1 aromatic heterocycles. The molecular formula is C18H23N5O2. The first-order valence-corrected chi connectivity index (χ1v) is 8.50. The van der Waals surface area contributed by atoms with Crippen LogP contribution < -0.4 is 16.0 Å². The number of urea groups is 1. The molecule has 2 aromatic rings. The van der Waals surface area contributed by atoms with Gasteiger partial charge in [-0.05, 0) is 37.0 Å². The molecule has 1 saturated heterocycles. The Morgan fingerprint density at radius 3 is 2.88 bits per heavy atom. The molecule has 0 saturated carbocycles. The number of rotatable bonds is 4. The molecule has 1 aliphatic rings. The van der Waals surface area contributed by atoms with Crippen molar-refractivity contribution in [2.24, 2.45) is 5.92 Å². The largest absolute Gasteiger partial charge is 0.354 e. The van der Waals surface area contributed by atoms with E-state index in [4.69, 9.17) is 0 Å². The van der Waals surface area contributed by atoms with Gasteiger partial charge >= 0.3 is 6.03 Å². The van der Waals surface area contributed by atoms with Crippen LogP contribution in [-0.2, 0) is 4.79 Å². The monoisotopic (exact) mass is 341 g/mol. The summed E-state index contributed by atoms with van der Waals surface area (Å²) in [5.74, 6) is -0.00957. The summed E-state index contributed by atoms with van der Waals surface area (Å²) >= 11 is 0. The minimum absolute atomic E-state index is 0.117. The fourth-order valence-electron chi connectivity index (χ4n) is 3.10. The number of carbonyl (C=O) groups excluding carboxylic acids is 2. The Morgan fingerprint density at radius 1 is 1.36 bits per heavy atom. The second-order valence-corrected chi connectivity index (χ2v) is 6.38. The second-order valence-electron chi connectivity index (χ2n) is 6.38. The lowest BCUT2D eigenvalue weighted by molar-refractivity contribution is -0.125. The maximum Gasteiger partial charge on any atom is 0.315 e. The summed E-state index contributed by atoms with van der Waals surface area (Å²) in [5.41, 5.74) is 1.85. The van der Waals surface area contributed by atoms with E-state index in [2.05, 4.69) is 21.0 Å². The molecule has 0 unspecified atom stereocenters. The summed E-state index contributed by atoms with van der Waals surface area (Å²) in [6, 6.07) is 8.54. The Labute approximate surface area is 146 Å². The van der Waals surface area contributed by atoms with Crippen molar-refractivity contribution < 1.29 is 9.59 Å². The zero-order chi connectivity index (χ0) is 17.8. The topological polar surface area (TPSA) is 88.0 Å². The van der Waals surface area contributed by atoms with Crippen LogP contribution in [0.15, 0.2) is 42.7 Å². The van der Waals surface area contributed by atoms with E-state index >= 15 is 0 Å². The summed E-state index contributed by atoms with van der Waals surface area (Å²) < 4.78 is 1.77. The van der Waals surface area contributed by atoms with E-state index in [-0.39, 0.29) is 23.9 Å². The number of para-hydroxylation sites is 1. The number of benzene rings is 1. The quantitative estimate of drug-likeness (QED) is 0.792. The van der Waals surface area contributed by atoms with E-state index in [1.165, 1.54) is 0 Å². The molecule has 7 heteroatoms. The van der Waals surface area contributed by atoms with Crippen molar-refractivity contribution in [3.05, 3.63) is 48.3 Å². The summed E-state index contributed by atoms with van der Waals surface area (Å²) in [6.45, 7) is 4.54. The highest BCUT2D eigenvalue weighted by Gasteiger charge is 2.30. The maximum absolute atomic E-state index is 12.4. The third-order valence-corrected chi connectivity index (χ3v) is 4.54. The number of nitrogens with zero attached hydrogens (tertiary/aromatic N) is 2. The minimum atomic E-state index is -0.498. The molecule has 2 heterocycles. The van der Waals surface area contributed by atoms with Gasteiger partial charge in [-0.25, -0.2) is 9.48 Å². The number of nitrogens with one attached hydrogen (secondary N) is 3. The summed E-state index contributed by atoms with van der Waals surface area (Å²) in [5, 5.41) is 12.7. The fraction of sp³-hybridized carbons (Fsp3) is 0.389. The number of hydrogen-bond donors (Lipinski definition) is 3. The molecule has 25 heavy (non-hydrogen) atoms. The molecule has 7 nitrogen and oxygen atoms in total. The predicted octanol–water partition coefficient (Wildman–Crippen LogP) is 1.76. The molecule has 3 rings (SSSR count). The standard InChI is InChI=1S/C18H23N5O2/c1-12-8-10-19-17(24)16(12)22-18(25)21-13(2)14-6-3-4-7-15(14)23-11-5-9-20-23/h3-7,9,11-13,16H,8,10H2,1-2H3,(H,19,24)(H2,21,22,25)/t12-,13-,16+/m0/s1. The van der Waals surface area contributed by atoms with Crippen LogP contribution in [0.1, 0.15) is 31.9 Å². The maximum atomic E-state index is 12.4. The molecule has 3 N–H and O–H groups in total. The van der Waals surface area contributed by atoms with Crippen molar-refractivity contribution in [3.8, 4) is 5.69 Å². The molecule has 3 atom stereocenters. The van der Waals surface area contributed by atoms with Crippen LogP contribution in [0.4, 0.5) is 4.79 Å². The lowest BCUT2D eigenvalue weighted by Gasteiger charge is -2.29. The summed E-state index contributed by atoms with van der Waals surface area (Å²) in [7, 11) is 0. The predicted molar refractivity (Wildman–Crippen MR) is 94.2 cm³/mol. The smallest absolute Gasteiger partial charge is 0.315 e. The van der Waals surface area contributed by atoms with Crippen molar-refractivity contribution in [2.75, 3.05) is 6.54 Å². The minimum Gasteiger partial charge on any atom is -0.354 e. The van der Waals surface area contributed by atoms with Gasteiger partial charge < -0.3 is 16.0 Å². The van der Waals surface area contributed by atoms with E-state index < -0.39 is 6.04 Å². The summed E-state index contributed by atoms with van der Waals surface area (Å²) in [6.07, 6.45) is 4.43. The Hall–Kier alpha value is -2.83. The van der Waals surface area contributed by atoms with Gasteiger partial charge in [0.25, 0.3) is 0 Å². The third kappa shape index (κ3) is 3.81. The zero-order valence-electron chi connectivity index (χ0n) is 14.4. The van der Waals surface area contributed by atoms with E-state index in [0.717, 1.165) is 17.7 Å². The van der Waals surface area contributed by atoms with Crippen LogP contribution in [-0.4, -0.2) is 34.3 Å². The summed E-state index contributed by atoms with van der Waals surface area (Å²) in [4.78, 5) is 24.3. The van der Waals surface area contributed by atoms with Crippen LogP contribution in [0.25, 0.3) is 5.69 Å². The molecule has 0 bridgehead atoms. The first kappa shape index (κ1) is 17.0. The van der Waals surface area contributed by atoms with Crippen LogP contribution >= 0.6 is 0 Å². The van der Waals surface area contributed by atoms with Gasteiger partial charge in [0.1, 0.15) is 6.04 Å². The SMILES string of the molecule is C[C@H](NC(=O)N[C@H]1C(=O)NCC[C@@H]1C)c1ccccc1-n1cccn1. The van der Waals surface area contributed by atoms with Gasteiger partial charge in [0.15, 0.2) is 0 Å². The highest BCUT2D eigenvalue weighted by atomic mass is 16.2. The second kappa shape index (κ2) is 7.38. The van der Waals surface area contributed by atoms with Crippen molar-refractivity contribution in [1.29, 1.82) is 0 Å². The molecular weight excluding hydrogens is 318 g/mol. The van der Waals surface area contributed by atoms with Gasteiger partial charge in [-0.15, -0.1) is 0 Å². The molecule has 1 aliphatic heterocycles. The van der Waals surface area contributed by atoms with E-state index in [1.807, 2.05) is 50.4 Å². The Bertz CT molecular complexity index is 744. The highest BCUT2D eigenvalue weighted by molar-refractivity contribution is 5.88. The number of piperidine rings is 1. The molecule has 0 aliphatic carbocycles. The first-order chi connectivity index (χ1) is 12.1. The van der Waals surface area contributed by atoms with Crippen LogP contribution in [0.2, 0.25) is 0 Å². The zero-order valence-corrected chi connectivity index (χ0v) is 14.4. The van der Waals surface area contributed by atoms with Crippen molar-refractivity contribution in [2.45, 2.75) is 32.4 Å². The third-order valence-electron chi connectivity index (χ3n) is 4.54. The van der Waals surface area contributed by atoms with E-state index in [9.17, 15) is 9.59 Å². The van der Waals surface area contributed by atoms with Crippen LogP contribution in [0, 0.1) is 5.92 Å². The molecule has 132 valence electrons. The normalized spacial score (nSPS) is 21.3. The number of carbonyl (C=O) groups is 2. The average Bonchev–Trinajstić information content (AvgIpc) is 3.13. The Balaban J connectivity index is 1.69. The highest BCUT2D eigenvalue weighted by Crippen LogP contribution is 2.21. The van der Waals surface area contributed by atoms with Gasteiger partial charge in [0, 0.05) is 18.9 Å². The van der Waals surface area contributed by atoms with E-state index in [1.54, 1.807) is 10.9 Å². The van der Waals surface area contributed by atoms with Gasteiger partial charge in [0.2, 0.25) is 5.91 Å². The molecule has 0 radical (unpaired) electrons. The van der Waals surface area contributed by atoms with Crippen molar-refractivity contribution in [3.63, 3.8) is 0 Å². The van der Waals surface area contributed by atoms with Gasteiger partial charge in [-0.2, -0.15) is 5.10 Å². The van der Waals surface area contributed by atoms with E-state index in [0.29, 0.717) is 6.54 Å². The fourth-order valence-corrected chi connectivity index (χ4v) is 3.10. The number of amides is 3. The first-order valence-electron chi connectivity index (χ1n) is 8.50. The number of hydrogen-bond acceptors (Lipinski definition) is 3. The Morgan fingerprint density at radius 2 is 2.16 bits per heavy atom. The van der Waals surface area contributed by atoms with Gasteiger partial charge in [-0.3, -0.25) is 4.79 Å². The Kier molecular flexibility index (Phi) is 5.02.